The van der Waals surface area contributed by atoms with E-state index in [0.29, 0.717) is 11.5 Å². The first-order valence-electron chi connectivity index (χ1n) is 5.32. The molecule has 0 aliphatic heterocycles. The molecule has 1 aromatic carbocycles. The van der Waals surface area contributed by atoms with Crippen molar-refractivity contribution in [3.63, 3.8) is 0 Å². The molecule has 2 rings (SSSR count). The van der Waals surface area contributed by atoms with E-state index in [2.05, 4.69) is 23.8 Å². The second-order valence-corrected chi connectivity index (χ2v) is 4.04. The van der Waals surface area contributed by atoms with Crippen LogP contribution in [0.1, 0.15) is 25.3 Å². The molecule has 0 aliphatic rings. The lowest BCUT2D eigenvalue weighted by Gasteiger charge is -2.11. The van der Waals surface area contributed by atoms with Crippen LogP contribution < -0.4 is 5.56 Å². The predicted molar refractivity (Wildman–Crippen MR) is 64.4 cm³/mol. The van der Waals surface area contributed by atoms with Crippen molar-refractivity contribution in [2.75, 3.05) is 0 Å². The molecule has 0 bridgehead atoms. The maximum atomic E-state index is 11.7. The smallest absolute Gasteiger partial charge is 0.258 e. The summed E-state index contributed by atoms with van der Waals surface area (Å²) >= 11 is 0. The van der Waals surface area contributed by atoms with Crippen molar-refractivity contribution >= 4 is 0 Å². The summed E-state index contributed by atoms with van der Waals surface area (Å²) in [4.78, 5) is 18.3. The van der Waals surface area contributed by atoms with E-state index in [0.717, 1.165) is 5.56 Å². The summed E-state index contributed by atoms with van der Waals surface area (Å²) in [5.41, 5.74) is 2.67. The Labute approximate surface area is 94.2 Å². The monoisotopic (exact) mass is 214 g/mol. The summed E-state index contributed by atoms with van der Waals surface area (Å²) in [5.74, 6) is 0.385. The number of hydrogen-bond donors (Lipinski definition) is 1. The molecule has 0 amide bonds. The molecule has 0 atom stereocenters. The van der Waals surface area contributed by atoms with Crippen molar-refractivity contribution in [3.05, 3.63) is 52.7 Å². The largest absolute Gasteiger partial charge is 0.313 e. The van der Waals surface area contributed by atoms with E-state index in [-0.39, 0.29) is 5.56 Å². The van der Waals surface area contributed by atoms with Gasteiger partial charge in [-0.1, -0.05) is 38.1 Å². The van der Waals surface area contributed by atoms with E-state index < -0.39 is 0 Å². The van der Waals surface area contributed by atoms with Crippen LogP contribution in [0.3, 0.4) is 0 Å². The molecule has 1 heterocycles. The molecule has 0 unspecified atom stereocenters. The normalized spacial score (nSPS) is 10.7. The van der Waals surface area contributed by atoms with E-state index in [9.17, 15) is 4.79 Å². The van der Waals surface area contributed by atoms with E-state index in [4.69, 9.17) is 0 Å². The molecule has 0 spiro atoms. The molecular formula is C13H14N2O. The molecule has 0 saturated heterocycles. The summed E-state index contributed by atoms with van der Waals surface area (Å²) in [7, 11) is 0. The highest BCUT2D eigenvalue weighted by Gasteiger charge is 2.10. The Hall–Kier alpha value is -1.90. The summed E-state index contributed by atoms with van der Waals surface area (Å²) in [5, 5.41) is 0. The first-order valence-corrected chi connectivity index (χ1v) is 5.32. The minimum absolute atomic E-state index is 0.0944. The van der Waals surface area contributed by atoms with Crippen LogP contribution in [0.15, 0.2) is 41.6 Å². The molecule has 0 saturated carbocycles. The fourth-order valence-corrected chi connectivity index (χ4v) is 1.78. The molecule has 2 aromatic rings. The highest BCUT2D eigenvalue weighted by atomic mass is 16.1. The minimum Gasteiger partial charge on any atom is -0.313 e. The second-order valence-electron chi connectivity index (χ2n) is 4.04. The van der Waals surface area contributed by atoms with Crippen molar-refractivity contribution < 1.29 is 0 Å². The lowest BCUT2D eigenvalue weighted by molar-refractivity contribution is 0.868. The zero-order chi connectivity index (χ0) is 11.5. The van der Waals surface area contributed by atoms with Crippen molar-refractivity contribution in [3.8, 4) is 11.1 Å². The molecular weight excluding hydrogens is 200 g/mol. The molecule has 0 fully saturated rings. The third-order valence-corrected chi connectivity index (χ3v) is 2.59. The van der Waals surface area contributed by atoms with Gasteiger partial charge in [-0.05, 0) is 17.0 Å². The van der Waals surface area contributed by atoms with Gasteiger partial charge in [0.05, 0.1) is 11.9 Å². The number of H-pyrrole nitrogens is 1. The van der Waals surface area contributed by atoms with E-state index in [1.165, 1.54) is 11.9 Å². The number of hydrogen-bond acceptors (Lipinski definition) is 2. The third-order valence-electron chi connectivity index (χ3n) is 2.59. The van der Waals surface area contributed by atoms with Crippen molar-refractivity contribution in [1.82, 2.24) is 9.97 Å². The predicted octanol–water partition coefficient (Wildman–Crippen LogP) is 2.56. The average molecular weight is 214 g/mol. The van der Waals surface area contributed by atoms with Gasteiger partial charge in [0.2, 0.25) is 0 Å². The van der Waals surface area contributed by atoms with Gasteiger partial charge in [0.15, 0.2) is 0 Å². The Morgan fingerprint density at radius 2 is 1.94 bits per heavy atom. The van der Waals surface area contributed by atoms with E-state index >= 15 is 0 Å². The van der Waals surface area contributed by atoms with Crippen LogP contribution in [0.5, 0.6) is 0 Å². The zero-order valence-corrected chi connectivity index (χ0v) is 9.40. The summed E-state index contributed by atoms with van der Waals surface area (Å²) in [6, 6.07) is 7.94. The lowest BCUT2D eigenvalue weighted by Crippen LogP contribution is -2.09. The van der Waals surface area contributed by atoms with Gasteiger partial charge in [-0.2, -0.15) is 0 Å². The Bertz CT molecular complexity index is 543. The van der Waals surface area contributed by atoms with Gasteiger partial charge in [-0.25, -0.2) is 4.98 Å². The van der Waals surface area contributed by atoms with Crippen LogP contribution in [0.4, 0.5) is 0 Å². The fraction of sp³-hybridized carbons (Fsp3) is 0.231. The van der Waals surface area contributed by atoms with Gasteiger partial charge in [0, 0.05) is 6.20 Å². The molecule has 3 nitrogen and oxygen atoms in total. The van der Waals surface area contributed by atoms with Gasteiger partial charge >= 0.3 is 0 Å². The lowest BCUT2D eigenvalue weighted by atomic mass is 9.94. The Morgan fingerprint density at radius 1 is 1.19 bits per heavy atom. The average Bonchev–Trinajstić information content (AvgIpc) is 2.29. The standard InChI is InChI=1S/C13H14N2O/c1-9(2)10-5-3-4-6-11(10)12-7-14-8-15-13(12)16/h3-9H,1-2H3,(H,14,15,16). The van der Waals surface area contributed by atoms with Crippen LogP contribution in [0.2, 0.25) is 0 Å². The number of aromatic nitrogens is 2. The van der Waals surface area contributed by atoms with Crippen molar-refractivity contribution in [2.45, 2.75) is 19.8 Å². The highest BCUT2D eigenvalue weighted by Crippen LogP contribution is 2.26. The number of nitrogens with zero attached hydrogens (tertiary/aromatic N) is 1. The highest BCUT2D eigenvalue weighted by molar-refractivity contribution is 5.66. The summed E-state index contributed by atoms with van der Waals surface area (Å²) < 4.78 is 0. The SMILES string of the molecule is CC(C)c1ccccc1-c1cnc[nH]c1=O. The molecule has 0 radical (unpaired) electrons. The molecule has 1 aromatic heterocycles. The molecule has 3 heteroatoms. The van der Waals surface area contributed by atoms with Gasteiger partial charge in [0.1, 0.15) is 0 Å². The Balaban J connectivity index is 2.65. The number of aromatic amines is 1. The van der Waals surface area contributed by atoms with Gasteiger partial charge in [0.25, 0.3) is 5.56 Å². The van der Waals surface area contributed by atoms with Gasteiger partial charge in [-0.15, -0.1) is 0 Å². The fourth-order valence-electron chi connectivity index (χ4n) is 1.78. The third kappa shape index (κ3) is 1.89. The number of nitrogens with one attached hydrogen (secondary N) is 1. The number of benzene rings is 1. The first kappa shape index (κ1) is 10.6. The van der Waals surface area contributed by atoms with Crippen LogP contribution in [0.25, 0.3) is 11.1 Å². The maximum Gasteiger partial charge on any atom is 0.258 e. The van der Waals surface area contributed by atoms with Gasteiger partial charge < -0.3 is 4.98 Å². The Kier molecular flexibility index (Phi) is 2.86. The van der Waals surface area contributed by atoms with Crippen LogP contribution in [-0.2, 0) is 0 Å². The summed E-state index contributed by atoms with van der Waals surface area (Å²) in [6.45, 7) is 4.23. The first-order chi connectivity index (χ1) is 7.70. The van der Waals surface area contributed by atoms with Crippen molar-refractivity contribution in [2.24, 2.45) is 0 Å². The topological polar surface area (TPSA) is 45.8 Å². The molecule has 82 valence electrons. The molecule has 0 aliphatic carbocycles. The molecule has 1 N–H and O–H groups in total. The zero-order valence-electron chi connectivity index (χ0n) is 9.40. The summed E-state index contributed by atoms with van der Waals surface area (Å²) in [6.07, 6.45) is 3.02. The van der Waals surface area contributed by atoms with Crippen molar-refractivity contribution in [1.29, 1.82) is 0 Å². The quantitative estimate of drug-likeness (QED) is 0.835. The van der Waals surface area contributed by atoms with Crippen LogP contribution in [0, 0.1) is 0 Å². The second kappa shape index (κ2) is 4.31. The minimum atomic E-state index is -0.0944. The number of rotatable bonds is 2. The van der Waals surface area contributed by atoms with E-state index in [1.807, 2.05) is 24.3 Å². The van der Waals surface area contributed by atoms with E-state index in [1.54, 1.807) is 6.20 Å². The Morgan fingerprint density at radius 3 is 2.62 bits per heavy atom. The maximum absolute atomic E-state index is 11.7. The van der Waals surface area contributed by atoms with Crippen LogP contribution in [-0.4, -0.2) is 9.97 Å². The van der Waals surface area contributed by atoms with Gasteiger partial charge in [-0.3, -0.25) is 4.79 Å². The van der Waals surface area contributed by atoms with Crippen LogP contribution >= 0.6 is 0 Å². The molecule has 16 heavy (non-hydrogen) atoms.